The van der Waals surface area contributed by atoms with Crippen molar-refractivity contribution in [1.82, 2.24) is 10.6 Å². The highest BCUT2D eigenvalue weighted by Gasteiger charge is 2.06. The number of aliphatic imine (C=N–C) groups is 1. The van der Waals surface area contributed by atoms with Gasteiger partial charge in [-0.15, -0.1) is 0 Å². The van der Waals surface area contributed by atoms with E-state index in [2.05, 4.69) is 39.4 Å². The Balaban J connectivity index is 1.56. The van der Waals surface area contributed by atoms with E-state index >= 15 is 0 Å². The molecule has 0 bridgehead atoms. The normalized spacial score (nSPS) is 12.7. The van der Waals surface area contributed by atoms with E-state index in [0.717, 1.165) is 36.8 Å². The highest BCUT2D eigenvalue weighted by molar-refractivity contribution is 7.07. The number of benzene rings is 1. The Morgan fingerprint density at radius 2 is 2.00 bits per heavy atom. The molecule has 2 N–H and O–H groups in total. The Bertz CT molecular complexity index is 642. The van der Waals surface area contributed by atoms with Gasteiger partial charge >= 0.3 is 0 Å². The second-order valence-corrected chi connectivity index (χ2v) is 6.87. The van der Waals surface area contributed by atoms with E-state index in [4.69, 9.17) is 9.47 Å². The molecule has 0 saturated heterocycles. The van der Waals surface area contributed by atoms with Crippen LogP contribution in [0.15, 0.2) is 46.1 Å². The SMILES string of the molecule is CN=C(NCCCOCc1ccc(OC)cc1)NCC(C)c1ccsc1. The number of nitrogens with one attached hydrogen (secondary N) is 2. The second kappa shape index (κ2) is 11.5. The quantitative estimate of drug-likeness (QED) is 0.378. The lowest BCUT2D eigenvalue weighted by Gasteiger charge is -2.15. The first-order valence-corrected chi connectivity index (χ1v) is 9.84. The Morgan fingerprint density at radius 1 is 1.19 bits per heavy atom. The van der Waals surface area contributed by atoms with Crippen molar-refractivity contribution in [1.29, 1.82) is 0 Å². The molecule has 0 amide bonds. The summed E-state index contributed by atoms with van der Waals surface area (Å²) >= 11 is 1.74. The van der Waals surface area contributed by atoms with Crippen molar-refractivity contribution in [3.05, 3.63) is 52.2 Å². The largest absolute Gasteiger partial charge is 0.497 e. The Hall–Kier alpha value is -2.05. The first-order chi connectivity index (χ1) is 12.7. The van der Waals surface area contributed by atoms with E-state index in [9.17, 15) is 0 Å². The summed E-state index contributed by atoms with van der Waals surface area (Å²) in [5.41, 5.74) is 2.52. The van der Waals surface area contributed by atoms with Gasteiger partial charge in [0.25, 0.3) is 0 Å². The van der Waals surface area contributed by atoms with Gasteiger partial charge in [-0.2, -0.15) is 11.3 Å². The van der Waals surface area contributed by atoms with Crippen molar-refractivity contribution in [2.24, 2.45) is 4.99 Å². The van der Waals surface area contributed by atoms with Gasteiger partial charge in [0.2, 0.25) is 0 Å². The van der Waals surface area contributed by atoms with Gasteiger partial charge < -0.3 is 20.1 Å². The minimum absolute atomic E-state index is 0.465. The monoisotopic (exact) mass is 375 g/mol. The molecule has 0 aliphatic carbocycles. The van der Waals surface area contributed by atoms with Crippen molar-refractivity contribution < 1.29 is 9.47 Å². The van der Waals surface area contributed by atoms with Gasteiger partial charge in [0.15, 0.2) is 5.96 Å². The number of nitrogens with zero attached hydrogens (tertiary/aromatic N) is 1. The van der Waals surface area contributed by atoms with Gasteiger partial charge in [0.05, 0.1) is 13.7 Å². The molecule has 0 spiro atoms. The first-order valence-electron chi connectivity index (χ1n) is 8.90. The fourth-order valence-corrected chi connectivity index (χ4v) is 3.22. The molecule has 2 aromatic rings. The molecule has 1 atom stereocenters. The highest BCUT2D eigenvalue weighted by Crippen LogP contribution is 2.17. The van der Waals surface area contributed by atoms with Crippen LogP contribution >= 0.6 is 11.3 Å². The zero-order chi connectivity index (χ0) is 18.6. The predicted molar refractivity (Wildman–Crippen MR) is 109 cm³/mol. The molecule has 0 fully saturated rings. The fourth-order valence-electron chi connectivity index (χ4n) is 2.44. The van der Waals surface area contributed by atoms with Crippen LogP contribution in [0.4, 0.5) is 0 Å². The number of methoxy groups -OCH3 is 1. The first kappa shape index (κ1) is 20.3. The molecular formula is C20H29N3O2S. The summed E-state index contributed by atoms with van der Waals surface area (Å²) in [5, 5.41) is 11.0. The summed E-state index contributed by atoms with van der Waals surface area (Å²) in [6, 6.07) is 10.1. The van der Waals surface area contributed by atoms with E-state index < -0.39 is 0 Å². The number of guanidine groups is 1. The molecule has 1 aromatic heterocycles. The molecular weight excluding hydrogens is 346 g/mol. The molecule has 26 heavy (non-hydrogen) atoms. The van der Waals surface area contributed by atoms with Crippen LogP contribution in [-0.2, 0) is 11.3 Å². The zero-order valence-corrected chi connectivity index (χ0v) is 16.6. The second-order valence-electron chi connectivity index (χ2n) is 6.09. The minimum Gasteiger partial charge on any atom is -0.497 e. The smallest absolute Gasteiger partial charge is 0.190 e. The van der Waals surface area contributed by atoms with Crippen LogP contribution in [0.1, 0.15) is 30.4 Å². The number of hydrogen-bond donors (Lipinski definition) is 2. The molecule has 142 valence electrons. The predicted octanol–water partition coefficient (Wildman–Crippen LogP) is 3.63. The lowest BCUT2D eigenvalue weighted by molar-refractivity contribution is 0.119. The maximum absolute atomic E-state index is 5.72. The lowest BCUT2D eigenvalue weighted by Crippen LogP contribution is -2.39. The van der Waals surface area contributed by atoms with Gasteiger partial charge in [-0.3, -0.25) is 4.99 Å². The third-order valence-corrected chi connectivity index (χ3v) is 4.80. The van der Waals surface area contributed by atoms with Gasteiger partial charge in [0, 0.05) is 26.7 Å². The van der Waals surface area contributed by atoms with Crippen molar-refractivity contribution in [3.63, 3.8) is 0 Å². The molecule has 6 heteroatoms. The van der Waals surface area contributed by atoms with E-state index in [1.807, 2.05) is 24.3 Å². The van der Waals surface area contributed by atoms with Gasteiger partial charge in [-0.25, -0.2) is 0 Å². The van der Waals surface area contributed by atoms with Crippen molar-refractivity contribution >= 4 is 17.3 Å². The average molecular weight is 376 g/mol. The van der Waals surface area contributed by atoms with Gasteiger partial charge in [-0.1, -0.05) is 19.1 Å². The van der Waals surface area contributed by atoms with Crippen LogP contribution in [0.5, 0.6) is 5.75 Å². The number of rotatable bonds is 10. The van der Waals surface area contributed by atoms with Crippen LogP contribution in [0, 0.1) is 0 Å². The summed E-state index contributed by atoms with van der Waals surface area (Å²) < 4.78 is 10.9. The van der Waals surface area contributed by atoms with E-state index in [1.165, 1.54) is 5.56 Å². The third-order valence-electron chi connectivity index (χ3n) is 4.10. The third kappa shape index (κ3) is 7.06. The highest BCUT2D eigenvalue weighted by atomic mass is 32.1. The van der Waals surface area contributed by atoms with Crippen LogP contribution in [0.2, 0.25) is 0 Å². The molecule has 5 nitrogen and oxygen atoms in total. The molecule has 1 unspecified atom stereocenters. The number of ether oxygens (including phenoxy) is 2. The van der Waals surface area contributed by atoms with Gasteiger partial charge in [-0.05, 0) is 52.4 Å². The number of hydrogen-bond acceptors (Lipinski definition) is 4. The van der Waals surface area contributed by atoms with Crippen LogP contribution < -0.4 is 15.4 Å². The summed E-state index contributed by atoms with van der Waals surface area (Å²) in [4.78, 5) is 4.27. The van der Waals surface area contributed by atoms with Gasteiger partial charge in [0.1, 0.15) is 5.75 Å². The maximum Gasteiger partial charge on any atom is 0.190 e. The Morgan fingerprint density at radius 3 is 2.65 bits per heavy atom. The molecule has 1 heterocycles. The van der Waals surface area contributed by atoms with Crippen molar-refractivity contribution in [2.75, 3.05) is 33.9 Å². The van der Waals surface area contributed by atoms with E-state index in [-0.39, 0.29) is 0 Å². The molecule has 0 saturated carbocycles. The summed E-state index contributed by atoms with van der Waals surface area (Å²) in [6.45, 7) is 5.24. The molecule has 0 aliphatic heterocycles. The fraction of sp³-hybridized carbons (Fsp3) is 0.450. The summed E-state index contributed by atoms with van der Waals surface area (Å²) in [7, 11) is 3.47. The average Bonchev–Trinajstić information content (AvgIpc) is 3.22. The van der Waals surface area contributed by atoms with Crippen LogP contribution in [-0.4, -0.2) is 39.8 Å². The van der Waals surface area contributed by atoms with E-state index in [0.29, 0.717) is 19.1 Å². The van der Waals surface area contributed by atoms with E-state index in [1.54, 1.807) is 25.5 Å². The van der Waals surface area contributed by atoms with Crippen LogP contribution in [0.3, 0.4) is 0 Å². The lowest BCUT2D eigenvalue weighted by atomic mass is 10.1. The number of thiophene rings is 1. The minimum atomic E-state index is 0.465. The molecule has 1 aromatic carbocycles. The maximum atomic E-state index is 5.72. The Kier molecular flexibility index (Phi) is 9.00. The van der Waals surface area contributed by atoms with Crippen molar-refractivity contribution in [2.45, 2.75) is 25.9 Å². The topological polar surface area (TPSA) is 54.9 Å². The Labute approximate surface area is 160 Å². The molecule has 0 radical (unpaired) electrons. The standard InChI is InChI=1S/C20H29N3O2S/c1-16(18-9-12-26-15-18)13-23-20(21-2)22-10-4-11-25-14-17-5-7-19(24-3)8-6-17/h5-9,12,15-16H,4,10-11,13-14H2,1-3H3,(H2,21,22,23). The van der Waals surface area contributed by atoms with Crippen molar-refractivity contribution in [3.8, 4) is 5.75 Å². The molecule has 0 aliphatic rings. The molecule has 2 rings (SSSR count). The zero-order valence-electron chi connectivity index (χ0n) is 15.8. The summed E-state index contributed by atoms with van der Waals surface area (Å²) in [6.07, 6.45) is 0.928. The van der Waals surface area contributed by atoms with Crippen LogP contribution in [0.25, 0.3) is 0 Å². The summed E-state index contributed by atoms with van der Waals surface area (Å²) in [5.74, 6) is 2.17.